The lowest BCUT2D eigenvalue weighted by Gasteiger charge is -2.18. The summed E-state index contributed by atoms with van der Waals surface area (Å²) in [5, 5.41) is 0. The molecular formula is C9H9F3N2O. The molecule has 0 aliphatic carbocycles. The molecule has 1 amide bonds. The van der Waals surface area contributed by atoms with Crippen LogP contribution in [0.1, 0.15) is 11.5 Å². The van der Waals surface area contributed by atoms with E-state index in [1.54, 1.807) is 6.07 Å². The molecule has 1 atom stereocenters. The Morgan fingerprint density at radius 1 is 1.27 bits per heavy atom. The minimum absolute atomic E-state index is 0.132. The van der Waals surface area contributed by atoms with Crippen molar-refractivity contribution < 1.29 is 18.0 Å². The van der Waals surface area contributed by atoms with E-state index in [2.05, 4.69) is 0 Å². The van der Waals surface area contributed by atoms with Gasteiger partial charge >= 0.3 is 6.18 Å². The number of carbonyl (C=O) groups excluding carboxylic acids is 1. The molecule has 0 bridgehead atoms. The Morgan fingerprint density at radius 2 is 1.80 bits per heavy atom. The summed E-state index contributed by atoms with van der Waals surface area (Å²) in [7, 11) is 0. The molecule has 82 valence electrons. The molecule has 1 aromatic rings. The molecule has 0 aromatic heterocycles. The molecule has 0 fully saturated rings. The number of halogens is 3. The molecule has 1 aromatic carbocycles. The number of nitrogens with two attached hydrogens (primary N) is 1. The van der Waals surface area contributed by atoms with Gasteiger partial charge in [-0.3, -0.25) is 10.2 Å². The second-order valence-corrected chi connectivity index (χ2v) is 2.89. The predicted molar refractivity (Wildman–Crippen MR) is 47.6 cm³/mol. The number of nitrogens with one attached hydrogen (secondary N) is 1. The van der Waals surface area contributed by atoms with E-state index < -0.39 is 18.0 Å². The third-order valence-electron chi connectivity index (χ3n) is 1.86. The minimum Gasteiger partial charge on any atom is -0.293 e. The molecule has 0 radical (unpaired) electrons. The SMILES string of the molecule is NNC(=O)[C@@H](c1ccccc1)C(F)(F)F. The maximum Gasteiger partial charge on any atom is 0.404 e. The van der Waals surface area contributed by atoms with Crippen molar-refractivity contribution in [1.29, 1.82) is 0 Å². The number of alkyl halides is 3. The van der Waals surface area contributed by atoms with Gasteiger partial charge in [0.1, 0.15) is 0 Å². The Kier molecular flexibility index (Phi) is 3.31. The van der Waals surface area contributed by atoms with E-state index in [1.165, 1.54) is 29.7 Å². The normalized spacial score (nSPS) is 13.3. The molecule has 0 aliphatic rings. The molecule has 0 saturated carbocycles. The highest BCUT2D eigenvalue weighted by molar-refractivity contribution is 5.83. The monoisotopic (exact) mass is 218 g/mol. The summed E-state index contributed by atoms with van der Waals surface area (Å²) < 4.78 is 37.6. The van der Waals surface area contributed by atoms with Crippen LogP contribution in [0.4, 0.5) is 13.2 Å². The molecule has 1 rings (SSSR count). The van der Waals surface area contributed by atoms with Crippen LogP contribution in [0.2, 0.25) is 0 Å². The van der Waals surface area contributed by atoms with Crippen molar-refractivity contribution in [2.45, 2.75) is 12.1 Å². The van der Waals surface area contributed by atoms with E-state index >= 15 is 0 Å². The summed E-state index contributed by atoms with van der Waals surface area (Å²) in [6.45, 7) is 0. The standard InChI is InChI=1S/C9H9F3N2O/c10-9(11,12)7(8(15)14-13)6-4-2-1-3-5-6/h1-5,7H,13H2,(H,14,15)/t7-/m1/s1. The molecular weight excluding hydrogens is 209 g/mol. The lowest BCUT2D eigenvalue weighted by Crippen LogP contribution is -2.41. The summed E-state index contributed by atoms with van der Waals surface area (Å²) in [6, 6.07) is 6.88. The summed E-state index contributed by atoms with van der Waals surface area (Å²) in [6.07, 6.45) is -4.65. The van der Waals surface area contributed by atoms with E-state index in [0.29, 0.717) is 0 Å². The van der Waals surface area contributed by atoms with Crippen molar-refractivity contribution >= 4 is 5.91 Å². The van der Waals surface area contributed by atoms with Crippen molar-refractivity contribution in [2.75, 3.05) is 0 Å². The number of hydrazine groups is 1. The summed E-state index contributed by atoms with van der Waals surface area (Å²) in [4.78, 5) is 11.0. The quantitative estimate of drug-likeness (QED) is 0.447. The zero-order valence-corrected chi connectivity index (χ0v) is 7.58. The fourth-order valence-electron chi connectivity index (χ4n) is 1.22. The zero-order chi connectivity index (χ0) is 11.5. The van der Waals surface area contributed by atoms with Crippen molar-refractivity contribution in [1.82, 2.24) is 5.43 Å². The van der Waals surface area contributed by atoms with E-state index in [4.69, 9.17) is 5.84 Å². The molecule has 0 aliphatic heterocycles. The van der Waals surface area contributed by atoms with Gasteiger partial charge in [-0.25, -0.2) is 5.84 Å². The highest BCUT2D eigenvalue weighted by atomic mass is 19.4. The summed E-state index contributed by atoms with van der Waals surface area (Å²) in [5.41, 5.74) is 1.38. The Hall–Kier alpha value is -1.56. The van der Waals surface area contributed by atoms with Gasteiger partial charge in [-0.1, -0.05) is 30.3 Å². The minimum atomic E-state index is -4.65. The van der Waals surface area contributed by atoms with Crippen LogP contribution in [0, 0.1) is 0 Å². The second-order valence-electron chi connectivity index (χ2n) is 2.89. The predicted octanol–water partition coefficient (Wildman–Crippen LogP) is 1.32. The van der Waals surface area contributed by atoms with Gasteiger partial charge in [0, 0.05) is 0 Å². The first-order valence-corrected chi connectivity index (χ1v) is 4.09. The van der Waals surface area contributed by atoms with Gasteiger partial charge in [-0.2, -0.15) is 13.2 Å². The fourth-order valence-corrected chi connectivity index (χ4v) is 1.22. The van der Waals surface area contributed by atoms with Crippen molar-refractivity contribution in [3.63, 3.8) is 0 Å². The maximum absolute atomic E-state index is 12.5. The number of benzene rings is 1. The molecule has 15 heavy (non-hydrogen) atoms. The molecule has 6 heteroatoms. The lowest BCUT2D eigenvalue weighted by atomic mass is 9.98. The summed E-state index contributed by atoms with van der Waals surface area (Å²) in [5.74, 6) is 1.22. The first-order chi connectivity index (χ1) is 6.96. The largest absolute Gasteiger partial charge is 0.404 e. The molecule has 0 heterocycles. The molecule has 0 spiro atoms. The van der Waals surface area contributed by atoms with Crippen LogP contribution in [0.25, 0.3) is 0 Å². The Morgan fingerprint density at radius 3 is 2.20 bits per heavy atom. The Balaban J connectivity index is 3.08. The first-order valence-electron chi connectivity index (χ1n) is 4.09. The first kappa shape index (κ1) is 11.5. The van der Waals surface area contributed by atoms with E-state index in [9.17, 15) is 18.0 Å². The number of carbonyl (C=O) groups is 1. The lowest BCUT2D eigenvalue weighted by molar-refractivity contribution is -0.165. The van der Waals surface area contributed by atoms with Crippen LogP contribution in [0.15, 0.2) is 30.3 Å². The van der Waals surface area contributed by atoms with Gasteiger partial charge in [0.2, 0.25) is 0 Å². The maximum atomic E-state index is 12.5. The third-order valence-corrected chi connectivity index (χ3v) is 1.86. The topological polar surface area (TPSA) is 55.1 Å². The zero-order valence-electron chi connectivity index (χ0n) is 7.58. The smallest absolute Gasteiger partial charge is 0.293 e. The fraction of sp³-hybridized carbons (Fsp3) is 0.222. The van der Waals surface area contributed by atoms with Crippen LogP contribution >= 0.6 is 0 Å². The van der Waals surface area contributed by atoms with Crippen LogP contribution in [-0.4, -0.2) is 12.1 Å². The molecule has 3 nitrogen and oxygen atoms in total. The average Bonchev–Trinajstić information content (AvgIpc) is 2.17. The number of hydrogen-bond donors (Lipinski definition) is 2. The van der Waals surface area contributed by atoms with Crippen molar-refractivity contribution in [2.24, 2.45) is 5.84 Å². The highest BCUT2D eigenvalue weighted by Gasteiger charge is 2.45. The molecule has 0 saturated heterocycles. The number of amides is 1. The average molecular weight is 218 g/mol. The van der Waals surface area contributed by atoms with Gasteiger partial charge in [-0.05, 0) is 5.56 Å². The Labute approximate surface area is 84.0 Å². The van der Waals surface area contributed by atoms with Crippen molar-refractivity contribution in [3.8, 4) is 0 Å². The van der Waals surface area contributed by atoms with Crippen LogP contribution in [0.5, 0.6) is 0 Å². The molecule has 3 N–H and O–H groups in total. The number of hydrogen-bond acceptors (Lipinski definition) is 2. The van der Waals surface area contributed by atoms with Crippen molar-refractivity contribution in [3.05, 3.63) is 35.9 Å². The van der Waals surface area contributed by atoms with Gasteiger partial charge < -0.3 is 0 Å². The summed E-state index contributed by atoms with van der Waals surface area (Å²) >= 11 is 0. The Bertz CT molecular complexity index is 337. The van der Waals surface area contributed by atoms with Gasteiger partial charge in [0.15, 0.2) is 5.92 Å². The van der Waals surface area contributed by atoms with Crippen LogP contribution < -0.4 is 11.3 Å². The van der Waals surface area contributed by atoms with Gasteiger partial charge in [-0.15, -0.1) is 0 Å². The van der Waals surface area contributed by atoms with Crippen LogP contribution in [0.3, 0.4) is 0 Å². The highest BCUT2D eigenvalue weighted by Crippen LogP contribution is 2.34. The second kappa shape index (κ2) is 4.31. The molecule has 0 unspecified atom stereocenters. The third kappa shape index (κ3) is 2.69. The van der Waals surface area contributed by atoms with Gasteiger partial charge in [0.25, 0.3) is 5.91 Å². The van der Waals surface area contributed by atoms with E-state index in [1.807, 2.05) is 0 Å². The van der Waals surface area contributed by atoms with E-state index in [-0.39, 0.29) is 5.56 Å². The number of rotatable bonds is 2. The van der Waals surface area contributed by atoms with E-state index in [0.717, 1.165) is 0 Å². The van der Waals surface area contributed by atoms with Gasteiger partial charge in [0.05, 0.1) is 0 Å². The van der Waals surface area contributed by atoms with Crippen LogP contribution in [-0.2, 0) is 4.79 Å².